The lowest BCUT2D eigenvalue weighted by Gasteiger charge is -2.16. The van der Waals surface area contributed by atoms with Gasteiger partial charge in [-0.3, -0.25) is 9.97 Å². The second-order valence-electron chi connectivity index (χ2n) is 3.10. The highest BCUT2D eigenvalue weighted by Gasteiger charge is 2.25. The molecule has 0 aliphatic rings. The number of aromatic nitrogens is 2. The molecule has 0 spiro atoms. The van der Waals surface area contributed by atoms with E-state index in [1.54, 1.807) is 6.92 Å². The first kappa shape index (κ1) is 11.1. The molecule has 1 atom stereocenters. The summed E-state index contributed by atoms with van der Waals surface area (Å²) in [7, 11) is -0.295. The molecule has 0 amide bonds. The van der Waals surface area contributed by atoms with Crippen LogP contribution in [0.25, 0.3) is 0 Å². The lowest BCUT2D eigenvalue weighted by molar-refractivity contribution is 0.509. The summed E-state index contributed by atoms with van der Waals surface area (Å²) in [5.74, 6) is 0. The van der Waals surface area contributed by atoms with Gasteiger partial charge < -0.3 is 0 Å². The van der Waals surface area contributed by atoms with E-state index in [4.69, 9.17) is 0 Å². The second-order valence-corrected chi connectivity index (χ2v) is 5.57. The molecule has 0 N–H and O–H groups in total. The quantitative estimate of drug-likeness (QED) is 0.733. The highest BCUT2D eigenvalue weighted by molar-refractivity contribution is 7.89. The monoisotopic (exact) mass is 215 g/mol. The summed E-state index contributed by atoms with van der Waals surface area (Å²) in [4.78, 5) is 7.79. The van der Waals surface area contributed by atoms with Gasteiger partial charge in [-0.15, -0.1) is 0 Å². The van der Waals surface area contributed by atoms with Crippen molar-refractivity contribution in [3.8, 4) is 0 Å². The van der Waals surface area contributed by atoms with Gasteiger partial charge in [0, 0.05) is 32.7 Å². The topological polar surface area (TPSA) is 63.2 Å². The Balaban J connectivity index is 3.03. The zero-order valence-corrected chi connectivity index (χ0v) is 9.19. The summed E-state index contributed by atoms with van der Waals surface area (Å²) in [5.41, 5.74) is 0.459. The van der Waals surface area contributed by atoms with E-state index in [1.807, 2.05) is 0 Å². The Morgan fingerprint density at radius 1 is 1.36 bits per heavy atom. The molecule has 0 saturated carbocycles. The summed E-state index contributed by atoms with van der Waals surface area (Å²) >= 11 is 0. The van der Waals surface area contributed by atoms with Crippen molar-refractivity contribution in [3.63, 3.8) is 0 Å². The van der Waals surface area contributed by atoms with Crippen LogP contribution in [-0.4, -0.2) is 36.8 Å². The molecule has 78 valence electrons. The van der Waals surface area contributed by atoms with Crippen LogP contribution in [0.4, 0.5) is 0 Å². The van der Waals surface area contributed by atoms with Crippen LogP contribution in [0, 0.1) is 0 Å². The predicted molar refractivity (Wildman–Crippen MR) is 53.1 cm³/mol. The molecule has 6 heteroatoms. The molecule has 5 nitrogen and oxygen atoms in total. The van der Waals surface area contributed by atoms with E-state index in [1.165, 1.54) is 37.0 Å². The van der Waals surface area contributed by atoms with Crippen LogP contribution in [0.5, 0.6) is 0 Å². The molecule has 1 rings (SSSR count). The van der Waals surface area contributed by atoms with Gasteiger partial charge in [-0.1, -0.05) is 0 Å². The zero-order chi connectivity index (χ0) is 10.8. The van der Waals surface area contributed by atoms with Crippen molar-refractivity contribution < 1.29 is 8.42 Å². The minimum Gasteiger partial charge on any atom is -0.261 e. The zero-order valence-electron chi connectivity index (χ0n) is 8.38. The molecular formula is C8H13N3O2S. The Labute approximate surface area is 83.9 Å². The molecular weight excluding hydrogens is 202 g/mol. The van der Waals surface area contributed by atoms with Crippen molar-refractivity contribution in [2.75, 3.05) is 14.1 Å². The van der Waals surface area contributed by atoms with Crippen LogP contribution >= 0.6 is 0 Å². The summed E-state index contributed by atoms with van der Waals surface area (Å²) < 4.78 is 24.6. The second kappa shape index (κ2) is 4.02. The molecule has 0 aliphatic heterocycles. The van der Waals surface area contributed by atoms with E-state index in [0.29, 0.717) is 5.69 Å². The summed E-state index contributed by atoms with van der Waals surface area (Å²) in [6.45, 7) is 1.60. The van der Waals surface area contributed by atoms with Crippen LogP contribution in [-0.2, 0) is 10.0 Å². The fourth-order valence-electron chi connectivity index (χ4n) is 0.989. The first-order valence-electron chi connectivity index (χ1n) is 4.13. The normalized spacial score (nSPS) is 14.3. The van der Waals surface area contributed by atoms with Gasteiger partial charge in [0.15, 0.2) is 0 Å². The van der Waals surface area contributed by atoms with Gasteiger partial charge in [-0.2, -0.15) is 0 Å². The van der Waals surface area contributed by atoms with Gasteiger partial charge in [0.05, 0.1) is 5.69 Å². The lowest BCUT2D eigenvalue weighted by atomic mass is 10.3. The molecule has 1 aromatic heterocycles. The Hall–Kier alpha value is -1.01. The maximum atomic E-state index is 11.7. The van der Waals surface area contributed by atoms with Gasteiger partial charge in [-0.05, 0) is 6.92 Å². The molecule has 0 radical (unpaired) electrons. The first-order valence-corrected chi connectivity index (χ1v) is 5.64. The Kier molecular flexibility index (Phi) is 3.17. The third-order valence-electron chi connectivity index (χ3n) is 1.96. The maximum Gasteiger partial charge on any atom is 0.222 e. The van der Waals surface area contributed by atoms with E-state index in [0.717, 1.165) is 0 Å². The Morgan fingerprint density at radius 2 is 2.00 bits per heavy atom. The molecule has 1 heterocycles. The van der Waals surface area contributed by atoms with Crippen molar-refractivity contribution in [3.05, 3.63) is 24.3 Å². The number of rotatable bonds is 3. The van der Waals surface area contributed by atoms with Crippen LogP contribution < -0.4 is 0 Å². The van der Waals surface area contributed by atoms with Crippen molar-refractivity contribution in [2.45, 2.75) is 12.2 Å². The molecule has 0 aliphatic carbocycles. The summed E-state index contributed by atoms with van der Waals surface area (Å²) in [6.07, 6.45) is 4.46. The minimum atomic E-state index is -3.30. The molecule has 1 aromatic rings. The van der Waals surface area contributed by atoms with Gasteiger partial charge in [-0.25, -0.2) is 12.7 Å². The molecule has 0 aromatic carbocycles. The Morgan fingerprint density at radius 3 is 2.43 bits per heavy atom. The molecule has 0 fully saturated rings. The molecule has 14 heavy (non-hydrogen) atoms. The molecule has 0 saturated heterocycles. The molecule has 0 unspecified atom stereocenters. The number of hydrogen-bond acceptors (Lipinski definition) is 4. The minimum absolute atomic E-state index is 0.459. The Bertz CT molecular complexity index is 388. The fraction of sp³-hybridized carbons (Fsp3) is 0.500. The first-order chi connectivity index (χ1) is 6.46. The van der Waals surface area contributed by atoms with Gasteiger partial charge >= 0.3 is 0 Å². The van der Waals surface area contributed by atoms with Crippen molar-refractivity contribution in [2.24, 2.45) is 0 Å². The highest BCUT2D eigenvalue weighted by Crippen LogP contribution is 2.20. The molecule has 0 bridgehead atoms. The van der Waals surface area contributed by atoms with E-state index < -0.39 is 15.3 Å². The van der Waals surface area contributed by atoms with E-state index in [9.17, 15) is 8.42 Å². The van der Waals surface area contributed by atoms with Crippen LogP contribution in [0.15, 0.2) is 18.6 Å². The standard InChI is InChI=1S/C8H13N3O2S/c1-7(14(12,13)11(2)3)8-6-9-4-5-10-8/h4-7H,1-3H3/t7-/m0/s1. The van der Waals surface area contributed by atoms with Gasteiger partial charge in [0.1, 0.15) is 5.25 Å². The maximum absolute atomic E-state index is 11.7. The van der Waals surface area contributed by atoms with Gasteiger partial charge in [0.2, 0.25) is 10.0 Å². The summed E-state index contributed by atoms with van der Waals surface area (Å²) in [5, 5.41) is -0.661. The van der Waals surface area contributed by atoms with E-state index in [2.05, 4.69) is 9.97 Å². The van der Waals surface area contributed by atoms with Crippen molar-refractivity contribution >= 4 is 10.0 Å². The smallest absolute Gasteiger partial charge is 0.222 e. The number of nitrogens with zero attached hydrogens (tertiary/aromatic N) is 3. The van der Waals surface area contributed by atoms with Crippen LogP contribution in [0.3, 0.4) is 0 Å². The van der Waals surface area contributed by atoms with Gasteiger partial charge in [0.25, 0.3) is 0 Å². The SMILES string of the molecule is C[C@@H](c1cnccn1)S(=O)(=O)N(C)C. The van der Waals surface area contributed by atoms with E-state index >= 15 is 0 Å². The van der Waals surface area contributed by atoms with Crippen molar-refractivity contribution in [1.29, 1.82) is 0 Å². The van der Waals surface area contributed by atoms with Crippen LogP contribution in [0.1, 0.15) is 17.9 Å². The predicted octanol–water partition coefficient (Wildman–Crippen LogP) is 0.429. The number of sulfonamides is 1. The fourth-order valence-corrected chi connectivity index (χ4v) is 2.05. The third kappa shape index (κ3) is 2.08. The van der Waals surface area contributed by atoms with Crippen molar-refractivity contribution in [1.82, 2.24) is 14.3 Å². The van der Waals surface area contributed by atoms with E-state index in [-0.39, 0.29) is 0 Å². The average molecular weight is 215 g/mol. The largest absolute Gasteiger partial charge is 0.261 e. The average Bonchev–Trinajstić information content (AvgIpc) is 2.17. The number of hydrogen-bond donors (Lipinski definition) is 0. The highest BCUT2D eigenvalue weighted by atomic mass is 32.2. The summed E-state index contributed by atoms with van der Waals surface area (Å²) in [6, 6.07) is 0. The van der Waals surface area contributed by atoms with Crippen LogP contribution in [0.2, 0.25) is 0 Å². The lowest BCUT2D eigenvalue weighted by Crippen LogP contribution is -2.27. The third-order valence-corrected chi connectivity index (χ3v) is 4.11.